The summed E-state index contributed by atoms with van der Waals surface area (Å²) in [6, 6.07) is 13.9. The Hall–Kier alpha value is -2.34. The van der Waals surface area contributed by atoms with Crippen molar-refractivity contribution in [2.24, 2.45) is 0 Å². The first-order valence-corrected chi connectivity index (χ1v) is 10.8. The molecule has 1 fully saturated rings. The monoisotopic (exact) mass is 426 g/mol. The maximum atomic E-state index is 12.2. The van der Waals surface area contributed by atoms with Crippen LogP contribution in [0.5, 0.6) is 0 Å². The van der Waals surface area contributed by atoms with Gasteiger partial charge in [0.1, 0.15) is 5.58 Å². The van der Waals surface area contributed by atoms with Crippen LogP contribution in [0, 0.1) is 0 Å². The quantitative estimate of drug-likeness (QED) is 0.544. The van der Waals surface area contributed by atoms with Gasteiger partial charge in [-0.3, -0.25) is 4.90 Å². The van der Waals surface area contributed by atoms with Gasteiger partial charge < -0.3 is 14.1 Å². The molecule has 4 rings (SSSR count). The maximum absolute atomic E-state index is 12.2. The van der Waals surface area contributed by atoms with Gasteiger partial charge in [0.25, 0.3) is 0 Å². The Morgan fingerprint density at radius 3 is 2.53 bits per heavy atom. The van der Waals surface area contributed by atoms with E-state index < -0.39 is 0 Å². The van der Waals surface area contributed by atoms with Crippen LogP contribution in [0.25, 0.3) is 11.0 Å². The van der Waals surface area contributed by atoms with Gasteiger partial charge in [-0.2, -0.15) is 0 Å². The van der Waals surface area contributed by atoms with Gasteiger partial charge in [0.15, 0.2) is 0 Å². The van der Waals surface area contributed by atoms with Crippen molar-refractivity contribution in [3.63, 3.8) is 0 Å². The van der Waals surface area contributed by atoms with Crippen molar-refractivity contribution >= 4 is 28.3 Å². The van der Waals surface area contributed by atoms with Gasteiger partial charge >= 0.3 is 5.63 Å². The Labute approximate surface area is 181 Å². The van der Waals surface area contributed by atoms with E-state index >= 15 is 0 Å². The summed E-state index contributed by atoms with van der Waals surface area (Å²) in [4.78, 5) is 16.8. The van der Waals surface area contributed by atoms with E-state index in [1.807, 2.05) is 19.1 Å². The number of nitrogens with zero attached hydrogens (tertiary/aromatic N) is 2. The molecule has 0 amide bonds. The predicted octanol–water partition coefficient (Wildman–Crippen LogP) is 4.48. The molecular formula is C24H27ClN2O3. The van der Waals surface area contributed by atoms with E-state index in [0.717, 1.165) is 55.8 Å². The highest BCUT2D eigenvalue weighted by atomic mass is 35.5. The molecule has 0 spiro atoms. The Morgan fingerprint density at radius 1 is 1.03 bits per heavy atom. The number of halogens is 1. The first kappa shape index (κ1) is 20.9. The van der Waals surface area contributed by atoms with Gasteiger partial charge in [-0.1, -0.05) is 36.7 Å². The number of morpholine rings is 1. The SMILES string of the molecule is CCc1cc2oc(=O)cc(CN(C)Cc3ccccc3N3CCOCC3)c2cc1Cl. The van der Waals surface area contributed by atoms with E-state index in [1.54, 1.807) is 6.07 Å². The lowest BCUT2D eigenvalue weighted by atomic mass is 10.1. The minimum atomic E-state index is -0.330. The summed E-state index contributed by atoms with van der Waals surface area (Å²) in [5.74, 6) is 0. The lowest BCUT2D eigenvalue weighted by Gasteiger charge is -2.31. The highest BCUT2D eigenvalue weighted by Crippen LogP contribution is 2.28. The fraction of sp³-hybridized carbons (Fsp3) is 0.375. The number of hydrogen-bond acceptors (Lipinski definition) is 5. The largest absolute Gasteiger partial charge is 0.423 e. The Balaban J connectivity index is 1.59. The fourth-order valence-electron chi connectivity index (χ4n) is 4.09. The molecule has 5 nitrogen and oxygen atoms in total. The third kappa shape index (κ3) is 4.53. The Bertz CT molecular complexity index is 1090. The zero-order valence-corrected chi connectivity index (χ0v) is 18.2. The lowest BCUT2D eigenvalue weighted by molar-refractivity contribution is 0.122. The summed E-state index contributed by atoms with van der Waals surface area (Å²) in [6.45, 7) is 6.77. The topological polar surface area (TPSA) is 45.9 Å². The number of hydrogen-bond donors (Lipinski definition) is 0. The molecule has 30 heavy (non-hydrogen) atoms. The van der Waals surface area contributed by atoms with Crippen LogP contribution in [-0.2, 0) is 24.2 Å². The predicted molar refractivity (Wildman–Crippen MR) is 122 cm³/mol. The molecule has 6 heteroatoms. The van der Waals surface area contributed by atoms with Gasteiger partial charge in [0.2, 0.25) is 0 Å². The van der Waals surface area contributed by atoms with Crippen LogP contribution in [0.4, 0.5) is 5.69 Å². The lowest BCUT2D eigenvalue weighted by Crippen LogP contribution is -2.37. The van der Waals surface area contributed by atoms with Crippen LogP contribution >= 0.6 is 11.6 Å². The third-order valence-corrected chi connectivity index (χ3v) is 5.95. The van der Waals surface area contributed by atoms with Gasteiger partial charge in [0, 0.05) is 48.3 Å². The first-order valence-electron chi connectivity index (χ1n) is 10.4. The zero-order chi connectivity index (χ0) is 21.1. The van der Waals surface area contributed by atoms with Crippen molar-refractivity contribution in [1.82, 2.24) is 4.90 Å². The van der Waals surface area contributed by atoms with Crippen molar-refractivity contribution in [3.05, 3.63) is 74.6 Å². The first-order chi connectivity index (χ1) is 14.5. The molecule has 1 saturated heterocycles. The number of aryl methyl sites for hydroxylation is 1. The molecule has 3 aromatic rings. The average molecular weight is 427 g/mol. The molecule has 1 aliphatic heterocycles. The molecular weight excluding hydrogens is 400 g/mol. The minimum absolute atomic E-state index is 0.330. The fourth-order valence-corrected chi connectivity index (χ4v) is 4.38. The van der Waals surface area contributed by atoms with Crippen molar-refractivity contribution in [3.8, 4) is 0 Å². The van der Waals surface area contributed by atoms with Crippen LogP contribution in [0.1, 0.15) is 23.6 Å². The molecule has 2 heterocycles. The molecule has 1 aromatic heterocycles. The summed E-state index contributed by atoms with van der Waals surface area (Å²) in [5.41, 5.74) is 4.69. The van der Waals surface area contributed by atoms with E-state index in [1.165, 1.54) is 11.3 Å². The van der Waals surface area contributed by atoms with Crippen molar-refractivity contribution in [1.29, 1.82) is 0 Å². The Kier molecular flexibility index (Phi) is 6.42. The molecule has 0 N–H and O–H groups in total. The van der Waals surface area contributed by atoms with Crippen molar-refractivity contribution in [2.45, 2.75) is 26.4 Å². The van der Waals surface area contributed by atoms with Crippen LogP contribution in [0.2, 0.25) is 5.02 Å². The van der Waals surface area contributed by atoms with Gasteiger partial charge in [-0.25, -0.2) is 4.79 Å². The number of ether oxygens (including phenoxy) is 1. The minimum Gasteiger partial charge on any atom is -0.423 e. The molecule has 1 aliphatic rings. The van der Waals surface area contributed by atoms with Crippen LogP contribution in [-0.4, -0.2) is 38.3 Å². The summed E-state index contributed by atoms with van der Waals surface area (Å²) in [5, 5.41) is 1.60. The molecule has 2 aromatic carbocycles. The van der Waals surface area contributed by atoms with Crippen LogP contribution < -0.4 is 10.5 Å². The second-order valence-corrected chi connectivity index (χ2v) is 8.19. The number of fused-ring (bicyclic) bond motifs is 1. The molecule has 0 saturated carbocycles. The number of para-hydroxylation sites is 1. The summed E-state index contributed by atoms with van der Waals surface area (Å²) in [7, 11) is 2.07. The van der Waals surface area contributed by atoms with Crippen LogP contribution in [0.15, 0.2) is 51.7 Å². The number of anilines is 1. The molecule has 0 bridgehead atoms. The summed E-state index contributed by atoms with van der Waals surface area (Å²) < 4.78 is 10.9. The summed E-state index contributed by atoms with van der Waals surface area (Å²) in [6.07, 6.45) is 0.793. The van der Waals surface area contributed by atoms with Crippen molar-refractivity contribution < 1.29 is 9.15 Å². The molecule has 0 atom stereocenters. The highest BCUT2D eigenvalue weighted by Gasteiger charge is 2.16. The molecule has 158 valence electrons. The van der Waals surface area contributed by atoms with E-state index in [0.29, 0.717) is 17.2 Å². The van der Waals surface area contributed by atoms with E-state index in [9.17, 15) is 4.79 Å². The maximum Gasteiger partial charge on any atom is 0.336 e. The highest BCUT2D eigenvalue weighted by molar-refractivity contribution is 6.32. The van der Waals surface area contributed by atoms with Gasteiger partial charge in [0.05, 0.1) is 13.2 Å². The number of benzene rings is 2. The van der Waals surface area contributed by atoms with Gasteiger partial charge in [-0.05, 0) is 48.4 Å². The zero-order valence-electron chi connectivity index (χ0n) is 17.5. The van der Waals surface area contributed by atoms with Gasteiger partial charge in [-0.15, -0.1) is 0 Å². The molecule has 0 radical (unpaired) electrons. The van der Waals surface area contributed by atoms with Crippen molar-refractivity contribution in [2.75, 3.05) is 38.3 Å². The standard InChI is InChI=1S/C24H27ClN2O3/c1-3-17-12-23-20(14-21(17)25)19(13-24(28)30-23)16-26(2)15-18-6-4-5-7-22(18)27-8-10-29-11-9-27/h4-7,12-14H,3,8-11,15-16H2,1-2H3. The van der Waals surface area contributed by atoms with E-state index in [2.05, 4.69) is 41.1 Å². The second kappa shape index (κ2) is 9.21. The summed E-state index contributed by atoms with van der Waals surface area (Å²) >= 11 is 6.44. The number of rotatable bonds is 6. The molecule has 0 aliphatic carbocycles. The normalized spacial score (nSPS) is 14.6. The third-order valence-electron chi connectivity index (χ3n) is 5.60. The molecule has 0 unspecified atom stereocenters. The smallest absolute Gasteiger partial charge is 0.336 e. The van der Waals surface area contributed by atoms with Crippen LogP contribution in [0.3, 0.4) is 0 Å². The van der Waals surface area contributed by atoms with E-state index in [4.69, 9.17) is 20.8 Å². The van der Waals surface area contributed by atoms with E-state index in [-0.39, 0.29) is 5.63 Å². The Morgan fingerprint density at radius 2 is 1.77 bits per heavy atom. The average Bonchev–Trinajstić information content (AvgIpc) is 2.75. The second-order valence-electron chi connectivity index (χ2n) is 7.78.